The zero-order valence-corrected chi connectivity index (χ0v) is 8.70. The summed E-state index contributed by atoms with van der Waals surface area (Å²) in [6.07, 6.45) is 2.84. The van der Waals surface area contributed by atoms with Crippen molar-refractivity contribution in [2.24, 2.45) is 7.05 Å². The van der Waals surface area contributed by atoms with Gasteiger partial charge in [0.05, 0.1) is 5.69 Å². The lowest BCUT2D eigenvalue weighted by Crippen LogP contribution is -1.93. The second-order valence-electron chi connectivity index (χ2n) is 3.58. The smallest absolute Gasteiger partial charge is 0.113 e. The van der Waals surface area contributed by atoms with Crippen LogP contribution in [0.1, 0.15) is 11.1 Å². The van der Waals surface area contributed by atoms with Crippen LogP contribution in [0.25, 0.3) is 11.3 Å². The van der Waals surface area contributed by atoms with Crippen molar-refractivity contribution in [2.75, 3.05) is 0 Å². The summed E-state index contributed by atoms with van der Waals surface area (Å²) >= 11 is 0. The molecule has 0 amide bonds. The number of aromatic nitrogens is 2. The molecule has 1 heterocycles. The zero-order valence-electron chi connectivity index (χ0n) is 8.70. The van der Waals surface area contributed by atoms with Crippen LogP contribution in [0, 0.1) is 20.0 Å². The van der Waals surface area contributed by atoms with Crippen molar-refractivity contribution < 1.29 is 0 Å². The maximum Gasteiger partial charge on any atom is 0.113 e. The predicted octanol–water partition coefficient (Wildman–Crippen LogP) is 2.50. The number of rotatable bonds is 1. The van der Waals surface area contributed by atoms with Gasteiger partial charge in [0.25, 0.3) is 0 Å². The Labute approximate surface area is 84.2 Å². The van der Waals surface area contributed by atoms with Crippen molar-refractivity contribution in [1.29, 1.82) is 0 Å². The third kappa shape index (κ3) is 1.43. The fraction of sp³-hybridized carbons (Fsp3) is 0.250. The highest BCUT2D eigenvalue weighted by Gasteiger charge is 2.03. The molecule has 0 saturated carbocycles. The first-order valence-electron chi connectivity index (χ1n) is 4.66. The fourth-order valence-corrected chi connectivity index (χ4v) is 1.49. The van der Waals surface area contributed by atoms with E-state index in [1.165, 1.54) is 16.7 Å². The second-order valence-corrected chi connectivity index (χ2v) is 3.58. The Morgan fingerprint density at radius 1 is 1.21 bits per heavy atom. The van der Waals surface area contributed by atoms with E-state index >= 15 is 0 Å². The van der Waals surface area contributed by atoms with Gasteiger partial charge in [-0.3, -0.25) is 4.68 Å². The van der Waals surface area contributed by atoms with Crippen LogP contribution in [0.15, 0.2) is 24.3 Å². The highest BCUT2D eigenvalue weighted by atomic mass is 15.2. The zero-order chi connectivity index (χ0) is 10.1. The Morgan fingerprint density at radius 2 is 2.00 bits per heavy atom. The molecule has 0 N–H and O–H groups in total. The molecule has 0 fully saturated rings. The van der Waals surface area contributed by atoms with Gasteiger partial charge in [0.2, 0.25) is 0 Å². The molecule has 2 aromatic rings. The summed E-state index contributed by atoms with van der Waals surface area (Å²) in [6.45, 7) is 4.24. The topological polar surface area (TPSA) is 17.8 Å². The second kappa shape index (κ2) is 3.29. The van der Waals surface area contributed by atoms with E-state index in [0.717, 1.165) is 5.69 Å². The molecule has 0 atom stereocenters. The van der Waals surface area contributed by atoms with Gasteiger partial charge in [-0.05, 0) is 37.1 Å². The summed E-state index contributed by atoms with van der Waals surface area (Å²) in [6, 6.07) is 8.34. The van der Waals surface area contributed by atoms with Gasteiger partial charge in [0.1, 0.15) is 6.20 Å². The quantitative estimate of drug-likeness (QED) is 0.667. The number of benzene rings is 1. The van der Waals surface area contributed by atoms with Crippen molar-refractivity contribution >= 4 is 0 Å². The molecular weight excluding hydrogens is 172 g/mol. The molecule has 0 aliphatic heterocycles. The maximum absolute atomic E-state index is 4.04. The van der Waals surface area contributed by atoms with Crippen molar-refractivity contribution in [2.45, 2.75) is 13.8 Å². The lowest BCUT2D eigenvalue weighted by atomic mass is 10.0. The SMILES string of the molecule is Cc1ccc(-c2c[c]nn2C)cc1C. The van der Waals surface area contributed by atoms with Crippen LogP contribution in [-0.4, -0.2) is 9.78 Å². The first kappa shape index (κ1) is 9.00. The molecule has 0 bridgehead atoms. The molecule has 0 spiro atoms. The Morgan fingerprint density at radius 3 is 2.57 bits per heavy atom. The van der Waals surface area contributed by atoms with Crippen molar-refractivity contribution in [3.05, 3.63) is 41.6 Å². The lowest BCUT2D eigenvalue weighted by molar-refractivity contribution is 0.773. The summed E-state index contributed by atoms with van der Waals surface area (Å²) < 4.78 is 1.84. The Balaban J connectivity index is 2.53. The van der Waals surface area contributed by atoms with Crippen LogP contribution in [0.3, 0.4) is 0 Å². The normalized spacial score (nSPS) is 10.5. The fourth-order valence-electron chi connectivity index (χ4n) is 1.49. The van der Waals surface area contributed by atoms with E-state index in [0.29, 0.717) is 0 Å². The third-order valence-corrected chi connectivity index (χ3v) is 2.56. The maximum atomic E-state index is 4.04. The molecule has 1 aromatic heterocycles. The van der Waals surface area contributed by atoms with E-state index in [4.69, 9.17) is 0 Å². The molecular formula is C12H13N2. The molecule has 1 aromatic carbocycles. The molecule has 14 heavy (non-hydrogen) atoms. The number of nitrogens with zero attached hydrogens (tertiary/aromatic N) is 2. The number of hydrogen-bond acceptors (Lipinski definition) is 1. The first-order valence-corrected chi connectivity index (χ1v) is 4.66. The van der Waals surface area contributed by atoms with E-state index in [1.54, 1.807) is 0 Å². The van der Waals surface area contributed by atoms with Crippen LogP contribution < -0.4 is 0 Å². The molecule has 2 rings (SSSR count). The average molecular weight is 185 g/mol. The number of hydrogen-bond donors (Lipinski definition) is 0. The largest absolute Gasteiger partial charge is 0.267 e. The number of aryl methyl sites for hydroxylation is 3. The van der Waals surface area contributed by atoms with Crippen LogP contribution in [0.5, 0.6) is 0 Å². The van der Waals surface area contributed by atoms with E-state index in [1.807, 2.05) is 17.8 Å². The highest BCUT2D eigenvalue weighted by Crippen LogP contribution is 2.20. The van der Waals surface area contributed by atoms with E-state index in [-0.39, 0.29) is 0 Å². The van der Waals surface area contributed by atoms with Gasteiger partial charge in [-0.15, -0.1) is 0 Å². The minimum absolute atomic E-state index is 1.10. The predicted molar refractivity (Wildman–Crippen MR) is 57.0 cm³/mol. The van der Waals surface area contributed by atoms with Crippen molar-refractivity contribution in [3.8, 4) is 11.3 Å². The molecule has 0 saturated heterocycles. The highest BCUT2D eigenvalue weighted by molar-refractivity contribution is 5.60. The van der Waals surface area contributed by atoms with E-state index < -0.39 is 0 Å². The first-order chi connectivity index (χ1) is 6.68. The molecule has 0 aliphatic rings. The molecule has 2 heteroatoms. The summed E-state index contributed by atoms with van der Waals surface area (Å²) in [5.41, 5.74) is 4.93. The minimum atomic E-state index is 1.10. The van der Waals surface area contributed by atoms with Gasteiger partial charge in [-0.25, -0.2) is 0 Å². The van der Waals surface area contributed by atoms with Gasteiger partial charge in [0.15, 0.2) is 0 Å². The van der Waals surface area contributed by atoms with Gasteiger partial charge in [-0.1, -0.05) is 12.1 Å². The Hall–Kier alpha value is -1.57. The van der Waals surface area contributed by atoms with Gasteiger partial charge >= 0.3 is 0 Å². The van der Waals surface area contributed by atoms with Crippen LogP contribution in [-0.2, 0) is 7.05 Å². The molecule has 2 nitrogen and oxygen atoms in total. The molecule has 1 radical (unpaired) electrons. The summed E-state index contributed by atoms with van der Waals surface area (Å²) in [5, 5.41) is 4.04. The lowest BCUT2D eigenvalue weighted by Gasteiger charge is -2.05. The summed E-state index contributed by atoms with van der Waals surface area (Å²) in [4.78, 5) is 0. The minimum Gasteiger partial charge on any atom is -0.267 e. The van der Waals surface area contributed by atoms with Crippen molar-refractivity contribution in [1.82, 2.24) is 9.78 Å². The molecule has 0 unspecified atom stereocenters. The van der Waals surface area contributed by atoms with Crippen LogP contribution in [0.2, 0.25) is 0 Å². The Kier molecular flexibility index (Phi) is 2.12. The Bertz CT molecular complexity index is 455. The van der Waals surface area contributed by atoms with Crippen LogP contribution >= 0.6 is 0 Å². The van der Waals surface area contributed by atoms with Crippen LogP contribution in [0.4, 0.5) is 0 Å². The summed E-state index contributed by atoms with van der Waals surface area (Å²) in [5.74, 6) is 0. The van der Waals surface area contributed by atoms with Gasteiger partial charge < -0.3 is 0 Å². The van der Waals surface area contributed by atoms with E-state index in [9.17, 15) is 0 Å². The molecule has 71 valence electrons. The third-order valence-electron chi connectivity index (χ3n) is 2.56. The van der Waals surface area contributed by atoms with Gasteiger partial charge in [-0.2, -0.15) is 5.10 Å². The van der Waals surface area contributed by atoms with Gasteiger partial charge in [0, 0.05) is 12.6 Å². The van der Waals surface area contributed by atoms with E-state index in [2.05, 4.69) is 43.3 Å². The standard InChI is InChI=1S/C12H13N2/c1-9-4-5-11(8-10(9)2)12-6-7-13-14(12)3/h4-6,8H,1-3H3. The molecule has 0 aliphatic carbocycles. The van der Waals surface area contributed by atoms with Crippen molar-refractivity contribution in [3.63, 3.8) is 0 Å². The average Bonchev–Trinajstić information content (AvgIpc) is 2.57. The monoisotopic (exact) mass is 185 g/mol. The summed E-state index contributed by atoms with van der Waals surface area (Å²) in [7, 11) is 1.93.